The number of aromatic nitrogens is 4. The minimum absolute atomic E-state index is 0.0705. The number of benzene rings is 1. The first kappa shape index (κ1) is 26.7. The summed E-state index contributed by atoms with van der Waals surface area (Å²) in [5, 5.41) is 2.91. The standard InChI is InChI=1S/C27H25ClF3N5O3/c1-39-18-8-9-20(29)22(12-18)36-21-3-2-10-32-25(21)35(27(36)38)14-15-4-6-17(7-5-15)34-26(37)19-11-16(28)13-33-23(19)24(30)31/h2-3,8-13,15,17,24H,4-7,14H2,1H3,(H,34,37)/t15-,17-. The number of fused-ring (bicyclic) bond motifs is 1. The molecule has 39 heavy (non-hydrogen) atoms. The van der Waals surface area contributed by atoms with Crippen molar-refractivity contribution in [3.05, 3.63) is 81.4 Å². The Morgan fingerprint density at radius 1 is 1.18 bits per heavy atom. The maximum absolute atomic E-state index is 14.8. The summed E-state index contributed by atoms with van der Waals surface area (Å²) >= 11 is 5.87. The SMILES string of the molecule is COc1ccc(F)c(-n2c(=O)n(C[C@H]3CC[C@H](NC(=O)c4cc(Cl)cnc4C(F)F)CC3)c3ncccc32)c1. The number of nitrogens with one attached hydrogen (secondary N) is 1. The van der Waals surface area contributed by atoms with Gasteiger partial charge in [0.2, 0.25) is 0 Å². The zero-order valence-electron chi connectivity index (χ0n) is 20.9. The van der Waals surface area contributed by atoms with Crippen molar-refractivity contribution in [1.82, 2.24) is 24.4 Å². The van der Waals surface area contributed by atoms with Gasteiger partial charge in [-0.1, -0.05) is 11.6 Å². The number of nitrogens with zero attached hydrogens (tertiary/aromatic N) is 4. The molecule has 0 saturated heterocycles. The number of rotatable bonds is 7. The van der Waals surface area contributed by atoms with Gasteiger partial charge in [0.05, 0.1) is 28.9 Å². The predicted octanol–water partition coefficient (Wildman–Crippen LogP) is 5.31. The Hall–Kier alpha value is -3.86. The molecule has 4 aromatic rings. The maximum atomic E-state index is 14.8. The number of amides is 1. The van der Waals surface area contributed by atoms with Crippen LogP contribution in [0.5, 0.6) is 5.75 Å². The molecule has 3 aromatic heterocycles. The highest BCUT2D eigenvalue weighted by molar-refractivity contribution is 6.30. The van der Waals surface area contributed by atoms with E-state index in [4.69, 9.17) is 16.3 Å². The first-order valence-corrected chi connectivity index (χ1v) is 12.8. The zero-order chi connectivity index (χ0) is 27.7. The third-order valence-corrected chi connectivity index (χ3v) is 7.24. The fraction of sp³-hybridized carbons (Fsp3) is 0.333. The zero-order valence-corrected chi connectivity index (χ0v) is 21.7. The van der Waals surface area contributed by atoms with Crippen molar-refractivity contribution in [2.24, 2.45) is 5.92 Å². The first-order valence-electron chi connectivity index (χ1n) is 12.4. The van der Waals surface area contributed by atoms with Crippen molar-refractivity contribution in [2.75, 3.05) is 7.11 Å². The van der Waals surface area contributed by atoms with Gasteiger partial charge in [0, 0.05) is 31.0 Å². The minimum Gasteiger partial charge on any atom is -0.497 e. The van der Waals surface area contributed by atoms with Crippen LogP contribution in [0.4, 0.5) is 13.2 Å². The van der Waals surface area contributed by atoms with Crippen LogP contribution in [-0.2, 0) is 6.54 Å². The number of ether oxygens (including phenoxy) is 1. The molecule has 0 aliphatic heterocycles. The smallest absolute Gasteiger partial charge is 0.335 e. The second-order valence-corrected chi connectivity index (χ2v) is 9.91. The Labute approximate surface area is 226 Å². The summed E-state index contributed by atoms with van der Waals surface area (Å²) in [6, 6.07) is 8.57. The number of hydrogen-bond acceptors (Lipinski definition) is 5. The summed E-state index contributed by atoms with van der Waals surface area (Å²) in [6.45, 7) is 0.360. The maximum Gasteiger partial charge on any atom is 0.335 e. The van der Waals surface area contributed by atoms with E-state index in [0.29, 0.717) is 49.1 Å². The van der Waals surface area contributed by atoms with E-state index >= 15 is 0 Å². The summed E-state index contributed by atoms with van der Waals surface area (Å²) < 4.78 is 49.5. The average Bonchev–Trinajstić information content (AvgIpc) is 3.20. The van der Waals surface area contributed by atoms with Crippen LogP contribution in [0.1, 0.15) is 48.2 Å². The molecular weight excluding hydrogens is 535 g/mol. The highest BCUT2D eigenvalue weighted by atomic mass is 35.5. The highest BCUT2D eigenvalue weighted by Crippen LogP contribution is 2.29. The number of carbonyl (C=O) groups excluding carboxylic acids is 1. The van der Waals surface area contributed by atoms with Gasteiger partial charge in [-0.3, -0.25) is 18.9 Å². The molecule has 0 atom stereocenters. The van der Waals surface area contributed by atoms with Gasteiger partial charge in [0.25, 0.3) is 12.3 Å². The Kier molecular flexibility index (Phi) is 7.60. The van der Waals surface area contributed by atoms with Crippen LogP contribution in [0.2, 0.25) is 5.02 Å². The van der Waals surface area contributed by atoms with Crippen LogP contribution in [0.25, 0.3) is 16.9 Å². The number of hydrogen-bond donors (Lipinski definition) is 1. The molecule has 1 aromatic carbocycles. The molecule has 0 unspecified atom stereocenters. The third kappa shape index (κ3) is 5.36. The van der Waals surface area contributed by atoms with E-state index in [9.17, 15) is 22.8 Å². The number of methoxy groups -OCH3 is 1. The van der Waals surface area contributed by atoms with Crippen LogP contribution in [0.15, 0.2) is 53.6 Å². The molecule has 0 bridgehead atoms. The summed E-state index contributed by atoms with van der Waals surface area (Å²) in [6.07, 6.45) is 2.31. The van der Waals surface area contributed by atoms with Crippen molar-refractivity contribution in [3.63, 3.8) is 0 Å². The molecule has 0 radical (unpaired) electrons. The van der Waals surface area contributed by atoms with Crippen LogP contribution in [0.3, 0.4) is 0 Å². The molecule has 1 aliphatic carbocycles. The van der Waals surface area contributed by atoms with Gasteiger partial charge in [0.15, 0.2) is 5.65 Å². The normalized spacial score (nSPS) is 17.5. The minimum atomic E-state index is -2.90. The molecule has 5 rings (SSSR count). The Balaban J connectivity index is 1.33. The van der Waals surface area contributed by atoms with E-state index in [1.807, 2.05) is 0 Å². The number of carbonyl (C=O) groups is 1. The van der Waals surface area contributed by atoms with Gasteiger partial charge in [-0.2, -0.15) is 0 Å². The lowest BCUT2D eigenvalue weighted by atomic mass is 9.86. The first-order chi connectivity index (χ1) is 18.8. The van der Waals surface area contributed by atoms with Crippen molar-refractivity contribution in [2.45, 2.75) is 44.7 Å². The lowest BCUT2D eigenvalue weighted by Gasteiger charge is -2.29. The van der Waals surface area contributed by atoms with Crippen molar-refractivity contribution < 1.29 is 22.7 Å². The van der Waals surface area contributed by atoms with Gasteiger partial charge in [-0.05, 0) is 61.9 Å². The monoisotopic (exact) mass is 559 g/mol. The molecule has 1 N–H and O–H groups in total. The van der Waals surface area contributed by atoms with E-state index in [0.717, 1.165) is 6.20 Å². The van der Waals surface area contributed by atoms with Crippen LogP contribution in [0, 0.1) is 11.7 Å². The second-order valence-electron chi connectivity index (χ2n) is 9.47. The molecule has 3 heterocycles. The molecule has 0 spiro atoms. The average molecular weight is 560 g/mol. The van der Waals surface area contributed by atoms with Crippen LogP contribution < -0.4 is 15.7 Å². The second kappa shape index (κ2) is 11.1. The topological polar surface area (TPSA) is 91.0 Å². The third-order valence-electron chi connectivity index (χ3n) is 7.04. The Bertz CT molecular complexity index is 1580. The summed E-state index contributed by atoms with van der Waals surface area (Å²) in [7, 11) is 1.47. The van der Waals surface area contributed by atoms with Crippen molar-refractivity contribution in [3.8, 4) is 11.4 Å². The Morgan fingerprint density at radius 3 is 2.67 bits per heavy atom. The van der Waals surface area contributed by atoms with Gasteiger partial charge in [-0.15, -0.1) is 0 Å². The number of alkyl halides is 2. The van der Waals surface area contributed by atoms with Crippen molar-refractivity contribution in [1.29, 1.82) is 0 Å². The lowest BCUT2D eigenvalue weighted by molar-refractivity contribution is 0.0904. The number of pyridine rings is 2. The van der Waals surface area contributed by atoms with Gasteiger partial charge < -0.3 is 10.1 Å². The number of imidazole rings is 1. The fourth-order valence-corrected chi connectivity index (χ4v) is 5.25. The van der Waals surface area contributed by atoms with Crippen LogP contribution >= 0.6 is 11.6 Å². The van der Waals surface area contributed by atoms with E-state index in [2.05, 4.69) is 15.3 Å². The highest BCUT2D eigenvalue weighted by Gasteiger charge is 2.28. The Morgan fingerprint density at radius 2 is 1.95 bits per heavy atom. The van der Waals surface area contributed by atoms with Gasteiger partial charge >= 0.3 is 5.69 Å². The molecule has 1 amide bonds. The number of halogens is 4. The van der Waals surface area contributed by atoms with E-state index in [1.54, 1.807) is 22.9 Å². The molecular formula is C27H25ClF3N5O3. The van der Waals surface area contributed by atoms with Gasteiger partial charge in [-0.25, -0.2) is 22.9 Å². The molecule has 12 heteroatoms. The van der Waals surface area contributed by atoms with E-state index < -0.39 is 29.5 Å². The molecule has 1 saturated carbocycles. The quantitative estimate of drug-likeness (QED) is 0.331. The van der Waals surface area contributed by atoms with Crippen molar-refractivity contribution >= 4 is 28.7 Å². The predicted molar refractivity (Wildman–Crippen MR) is 139 cm³/mol. The summed E-state index contributed by atoms with van der Waals surface area (Å²) in [4.78, 5) is 34.3. The fourth-order valence-electron chi connectivity index (χ4n) is 5.09. The molecule has 1 aliphatic rings. The van der Waals surface area contributed by atoms with E-state index in [-0.39, 0.29) is 28.2 Å². The van der Waals surface area contributed by atoms with E-state index in [1.165, 1.54) is 35.9 Å². The molecule has 204 valence electrons. The summed E-state index contributed by atoms with van der Waals surface area (Å²) in [5.41, 5.74) is -0.287. The summed E-state index contributed by atoms with van der Waals surface area (Å²) in [5.74, 6) is -0.705. The lowest BCUT2D eigenvalue weighted by Crippen LogP contribution is -2.39. The van der Waals surface area contributed by atoms with Crippen LogP contribution in [-0.4, -0.2) is 38.2 Å². The largest absolute Gasteiger partial charge is 0.497 e. The molecule has 1 fully saturated rings. The molecule has 8 nitrogen and oxygen atoms in total. The van der Waals surface area contributed by atoms with Gasteiger partial charge in [0.1, 0.15) is 17.3 Å².